The first kappa shape index (κ1) is 26.5. The highest BCUT2D eigenvalue weighted by Crippen LogP contribution is 2.52. The van der Waals surface area contributed by atoms with E-state index in [1.165, 1.54) is 0 Å². The van der Waals surface area contributed by atoms with Crippen molar-refractivity contribution < 1.29 is 18.7 Å². The average Bonchev–Trinajstić information content (AvgIpc) is 2.91. The van der Waals surface area contributed by atoms with Crippen LogP contribution in [0.25, 0.3) is 11.3 Å². The molecular weight excluding hydrogens is 534 g/mol. The molecule has 1 amide bonds. The van der Waals surface area contributed by atoms with Crippen molar-refractivity contribution in [2.45, 2.75) is 45.6 Å². The topological polar surface area (TPSA) is 84.3 Å². The molecule has 3 aliphatic rings. The normalized spacial score (nSPS) is 21.2. The summed E-state index contributed by atoms with van der Waals surface area (Å²) in [5, 5.41) is 3.07. The standard InChI is InChI=1S/C29H31N3O5S2/c1-18-15-31(16-19(2)36-18)17-27(34)30-20-6-7-24-26(12-20)38-25-5-3-4-22(29(25)39-24)23-13-21(33)14-28(37-23)32-8-10-35-11-9-32/h3-7,12-14,18-19H,8-11,15-17H2,1-2H3,(H,30,34)/t18-,19+. The van der Waals surface area contributed by atoms with Crippen molar-refractivity contribution in [3.05, 3.63) is 58.8 Å². The number of anilines is 2. The number of fused-ring (bicyclic) bond motifs is 2. The van der Waals surface area contributed by atoms with Gasteiger partial charge in [-0.2, -0.15) is 0 Å². The molecule has 1 N–H and O–H groups in total. The third-order valence-corrected chi connectivity index (χ3v) is 9.44. The number of nitrogens with one attached hydrogen (secondary N) is 1. The van der Waals surface area contributed by atoms with Crippen LogP contribution >= 0.6 is 23.5 Å². The number of ether oxygens (including phenoxy) is 2. The van der Waals surface area contributed by atoms with Crippen LogP contribution in [-0.4, -0.2) is 69.0 Å². The molecule has 2 atom stereocenters. The smallest absolute Gasteiger partial charge is 0.238 e. The van der Waals surface area contributed by atoms with Gasteiger partial charge in [0.05, 0.1) is 32.0 Å². The molecule has 3 aliphatic heterocycles. The molecule has 2 aromatic carbocycles. The second-order valence-corrected chi connectivity index (χ2v) is 12.2. The third-order valence-electron chi connectivity index (χ3n) is 6.84. The highest BCUT2D eigenvalue weighted by atomic mass is 32.2. The summed E-state index contributed by atoms with van der Waals surface area (Å²) < 4.78 is 17.5. The van der Waals surface area contributed by atoms with Gasteiger partial charge in [0.2, 0.25) is 5.91 Å². The second-order valence-electron chi connectivity index (χ2n) is 10.1. The molecule has 2 saturated heterocycles. The van der Waals surface area contributed by atoms with Crippen LogP contribution in [0.2, 0.25) is 0 Å². The molecule has 0 bridgehead atoms. The van der Waals surface area contributed by atoms with E-state index in [-0.39, 0.29) is 23.5 Å². The number of benzene rings is 2. The lowest BCUT2D eigenvalue weighted by Gasteiger charge is -2.34. The summed E-state index contributed by atoms with van der Waals surface area (Å²) in [5.74, 6) is 1.12. The van der Waals surface area contributed by atoms with Gasteiger partial charge in [0, 0.05) is 69.1 Å². The van der Waals surface area contributed by atoms with Gasteiger partial charge in [-0.3, -0.25) is 14.5 Å². The van der Waals surface area contributed by atoms with Gasteiger partial charge in [-0.15, -0.1) is 0 Å². The first-order valence-electron chi connectivity index (χ1n) is 13.2. The molecular formula is C29H31N3O5S2. The van der Waals surface area contributed by atoms with E-state index in [2.05, 4.69) is 21.2 Å². The Labute approximate surface area is 236 Å². The quantitative estimate of drug-likeness (QED) is 0.367. The van der Waals surface area contributed by atoms with Crippen molar-refractivity contribution >= 4 is 41.0 Å². The number of carbonyl (C=O) groups excluding carboxylic acids is 1. The van der Waals surface area contributed by atoms with E-state index in [1.807, 2.05) is 44.2 Å². The lowest BCUT2D eigenvalue weighted by atomic mass is 10.1. The van der Waals surface area contributed by atoms with Crippen molar-refractivity contribution in [1.82, 2.24) is 4.90 Å². The zero-order valence-electron chi connectivity index (χ0n) is 22.0. The lowest BCUT2D eigenvalue weighted by Crippen LogP contribution is -2.48. The van der Waals surface area contributed by atoms with Gasteiger partial charge < -0.3 is 24.1 Å². The van der Waals surface area contributed by atoms with E-state index < -0.39 is 0 Å². The molecule has 1 aromatic heterocycles. The lowest BCUT2D eigenvalue weighted by molar-refractivity contribution is -0.121. The van der Waals surface area contributed by atoms with E-state index in [4.69, 9.17) is 13.9 Å². The Morgan fingerprint density at radius 3 is 2.56 bits per heavy atom. The van der Waals surface area contributed by atoms with Gasteiger partial charge in [0.1, 0.15) is 5.76 Å². The van der Waals surface area contributed by atoms with Crippen molar-refractivity contribution in [2.75, 3.05) is 56.2 Å². The van der Waals surface area contributed by atoms with E-state index in [0.717, 1.165) is 43.9 Å². The molecule has 204 valence electrons. The molecule has 3 aromatic rings. The fraction of sp³-hybridized carbons (Fsp3) is 0.379. The molecule has 0 aliphatic carbocycles. The molecule has 2 fully saturated rings. The number of rotatable bonds is 5. The van der Waals surface area contributed by atoms with E-state index in [1.54, 1.807) is 35.7 Å². The van der Waals surface area contributed by atoms with E-state index in [9.17, 15) is 9.59 Å². The molecule has 10 heteroatoms. The number of morpholine rings is 2. The van der Waals surface area contributed by atoms with Crippen molar-refractivity contribution in [3.63, 3.8) is 0 Å². The summed E-state index contributed by atoms with van der Waals surface area (Å²) in [5.41, 5.74) is 1.60. The number of hydrogen-bond donors (Lipinski definition) is 1. The fourth-order valence-electron chi connectivity index (χ4n) is 5.23. The monoisotopic (exact) mass is 565 g/mol. The average molecular weight is 566 g/mol. The van der Waals surface area contributed by atoms with Crippen LogP contribution in [0.15, 0.2) is 77.3 Å². The van der Waals surface area contributed by atoms with Crippen LogP contribution in [0.1, 0.15) is 13.8 Å². The van der Waals surface area contributed by atoms with Gasteiger partial charge in [0.25, 0.3) is 0 Å². The maximum atomic E-state index is 12.8. The molecule has 0 unspecified atom stereocenters. The molecule has 8 nitrogen and oxygen atoms in total. The van der Waals surface area contributed by atoms with Gasteiger partial charge in [0.15, 0.2) is 11.3 Å². The Morgan fingerprint density at radius 2 is 1.77 bits per heavy atom. The molecule has 4 heterocycles. The van der Waals surface area contributed by atoms with Crippen LogP contribution in [0.5, 0.6) is 0 Å². The highest BCUT2D eigenvalue weighted by Gasteiger charge is 2.25. The zero-order valence-corrected chi connectivity index (χ0v) is 23.6. The van der Waals surface area contributed by atoms with Crippen molar-refractivity contribution in [1.29, 1.82) is 0 Å². The summed E-state index contributed by atoms with van der Waals surface area (Å²) in [7, 11) is 0. The Morgan fingerprint density at radius 1 is 0.974 bits per heavy atom. The minimum Gasteiger partial charge on any atom is -0.440 e. The van der Waals surface area contributed by atoms with E-state index in [0.29, 0.717) is 44.5 Å². The van der Waals surface area contributed by atoms with Gasteiger partial charge in [-0.05, 0) is 38.1 Å². The maximum absolute atomic E-state index is 12.8. The Kier molecular flexibility index (Phi) is 7.72. The fourth-order valence-corrected chi connectivity index (χ4v) is 7.63. The second kappa shape index (κ2) is 11.4. The summed E-state index contributed by atoms with van der Waals surface area (Å²) in [6, 6.07) is 15.2. The Balaban J connectivity index is 1.20. The minimum atomic E-state index is -0.0782. The van der Waals surface area contributed by atoms with Gasteiger partial charge in [-0.1, -0.05) is 35.7 Å². The number of hydrogen-bond acceptors (Lipinski definition) is 9. The van der Waals surface area contributed by atoms with Crippen LogP contribution in [0.3, 0.4) is 0 Å². The Hall–Kier alpha value is -2.76. The molecule has 0 spiro atoms. The molecule has 6 rings (SSSR count). The Bertz CT molecular complexity index is 1430. The number of amides is 1. The predicted octanol–water partition coefficient (Wildman–Crippen LogP) is 4.81. The molecule has 39 heavy (non-hydrogen) atoms. The van der Waals surface area contributed by atoms with E-state index >= 15 is 0 Å². The zero-order chi connectivity index (χ0) is 26.9. The maximum Gasteiger partial charge on any atom is 0.238 e. The first-order valence-corrected chi connectivity index (χ1v) is 14.8. The summed E-state index contributed by atoms with van der Waals surface area (Å²) in [6.45, 7) is 8.55. The largest absolute Gasteiger partial charge is 0.440 e. The van der Waals surface area contributed by atoms with Crippen molar-refractivity contribution in [3.8, 4) is 11.3 Å². The summed E-state index contributed by atoms with van der Waals surface area (Å²) in [6.07, 6.45) is 0.247. The summed E-state index contributed by atoms with van der Waals surface area (Å²) in [4.78, 5) is 33.9. The van der Waals surface area contributed by atoms with Crippen LogP contribution in [0.4, 0.5) is 11.6 Å². The number of nitrogens with zero attached hydrogens (tertiary/aromatic N) is 2. The SMILES string of the molecule is C[C@@H]1CN(CC(=O)Nc2ccc3c(c2)Sc2cccc(-c4cc(=O)cc(N5CCOCC5)o4)c2S3)C[C@H](C)O1. The summed E-state index contributed by atoms with van der Waals surface area (Å²) >= 11 is 3.32. The van der Waals surface area contributed by atoms with Crippen molar-refractivity contribution in [2.24, 2.45) is 0 Å². The van der Waals surface area contributed by atoms with Gasteiger partial charge >= 0.3 is 0 Å². The minimum absolute atomic E-state index is 0.0254. The van der Waals surface area contributed by atoms with Crippen LogP contribution < -0.4 is 15.6 Å². The van der Waals surface area contributed by atoms with Crippen LogP contribution in [-0.2, 0) is 14.3 Å². The van der Waals surface area contributed by atoms with Crippen LogP contribution in [0, 0.1) is 0 Å². The molecule has 0 saturated carbocycles. The third kappa shape index (κ3) is 6.05. The highest BCUT2D eigenvalue weighted by molar-refractivity contribution is 8.05. The van der Waals surface area contributed by atoms with Gasteiger partial charge in [-0.25, -0.2) is 0 Å². The molecule has 0 radical (unpaired) electrons. The predicted molar refractivity (Wildman–Crippen MR) is 153 cm³/mol. The first-order chi connectivity index (χ1) is 18.9. The number of carbonyl (C=O) groups is 1.